The molecule has 1 saturated heterocycles. The molecule has 4 nitrogen and oxygen atoms in total. The van der Waals surface area contributed by atoms with Gasteiger partial charge in [0.15, 0.2) is 0 Å². The first kappa shape index (κ1) is 10.6. The van der Waals surface area contributed by atoms with E-state index in [1.807, 2.05) is 0 Å². The number of hydrogen-bond donors (Lipinski definition) is 1. The summed E-state index contributed by atoms with van der Waals surface area (Å²) >= 11 is 0. The highest BCUT2D eigenvalue weighted by Crippen LogP contribution is 2.31. The third-order valence-electron chi connectivity index (χ3n) is 2.90. The van der Waals surface area contributed by atoms with Crippen molar-refractivity contribution < 1.29 is 9.15 Å². The first-order valence-electron chi connectivity index (χ1n) is 5.47. The highest BCUT2D eigenvalue weighted by molar-refractivity contribution is 5.07. The van der Waals surface area contributed by atoms with Crippen LogP contribution >= 0.6 is 0 Å². The van der Waals surface area contributed by atoms with E-state index in [9.17, 15) is 0 Å². The van der Waals surface area contributed by atoms with Crippen LogP contribution in [0.2, 0.25) is 0 Å². The van der Waals surface area contributed by atoms with Crippen LogP contribution in [-0.4, -0.2) is 24.7 Å². The van der Waals surface area contributed by atoms with Gasteiger partial charge in [0.25, 0.3) is 0 Å². The van der Waals surface area contributed by atoms with Crippen LogP contribution in [-0.2, 0) is 16.6 Å². The van der Waals surface area contributed by atoms with Gasteiger partial charge in [-0.3, -0.25) is 0 Å². The van der Waals surface area contributed by atoms with Crippen LogP contribution in [0.1, 0.15) is 31.4 Å². The lowest BCUT2D eigenvalue weighted by molar-refractivity contribution is 0.0302. The number of nitrogens with two attached hydrogens (primary N) is 1. The highest BCUT2D eigenvalue weighted by atomic mass is 16.5. The Balaban J connectivity index is 2.12. The summed E-state index contributed by atoms with van der Waals surface area (Å²) < 4.78 is 11.2. The van der Waals surface area contributed by atoms with Gasteiger partial charge < -0.3 is 14.9 Å². The number of rotatable bonds is 3. The number of ether oxygens (including phenoxy) is 1. The third kappa shape index (κ3) is 2.21. The van der Waals surface area contributed by atoms with Crippen molar-refractivity contribution in [3.63, 3.8) is 0 Å². The molecule has 1 aliphatic heterocycles. The summed E-state index contributed by atoms with van der Waals surface area (Å²) in [6, 6.07) is 0. The van der Waals surface area contributed by atoms with Crippen molar-refractivity contribution in [3.05, 3.63) is 17.8 Å². The summed E-state index contributed by atoms with van der Waals surface area (Å²) in [5.74, 6) is 1.67. The monoisotopic (exact) mass is 210 g/mol. The average molecular weight is 210 g/mol. The van der Waals surface area contributed by atoms with Gasteiger partial charge in [0.1, 0.15) is 5.76 Å². The molecule has 0 saturated carbocycles. The smallest absolute Gasteiger partial charge is 0.202 e. The van der Waals surface area contributed by atoms with Gasteiger partial charge in [0, 0.05) is 13.0 Å². The van der Waals surface area contributed by atoms with Crippen LogP contribution < -0.4 is 5.73 Å². The van der Waals surface area contributed by atoms with Crippen LogP contribution in [0.15, 0.2) is 10.6 Å². The van der Waals surface area contributed by atoms with E-state index in [1.165, 1.54) is 0 Å². The first-order valence-corrected chi connectivity index (χ1v) is 5.47. The fourth-order valence-electron chi connectivity index (χ4n) is 1.95. The van der Waals surface area contributed by atoms with Gasteiger partial charge in [-0.05, 0) is 26.3 Å². The zero-order valence-corrected chi connectivity index (χ0v) is 9.16. The lowest BCUT2D eigenvalue weighted by Crippen LogP contribution is -2.33. The Kier molecular flexibility index (Phi) is 3.07. The number of nitrogens with zero attached hydrogens (tertiary/aromatic N) is 1. The summed E-state index contributed by atoms with van der Waals surface area (Å²) in [4.78, 5) is 4.33. The molecule has 0 aliphatic carbocycles. The highest BCUT2D eigenvalue weighted by Gasteiger charge is 2.34. The normalized spacial score (nSPS) is 26.8. The van der Waals surface area contributed by atoms with Crippen LogP contribution in [0.5, 0.6) is 0 Å². The van der Waals surface area contributed by atoms with Crippen molar-refractivity contribution in [1.82, 2.24) is 4.98 Å². The number of hydrogen-bond acceptors (Lipinski definition) is 4. The molecule has 1 aliphatic rings. The first-order chi connectivity index (χ1) is 7.24. The lowest BCUT2D eigenvalue weighted by Gasteiger charge is -2.30. The second-order valence-electron chi connectivity index (χ2n) is 4.39. The van der Waals surface area contributed by atoms with Crippen molar-refractivity contribution in [2.75, 3.05) is 19.8 Å². The van der Waals surface area contributed by atoms with Crippen LogP contribution in [0, 0.1) is 0 Å². The summed E-state index contributed by atoms with van der Waals surface area (Å²) in [5.41, 5.74) is 5.42. The molecule has 84 valence electrons. The van der Waals surface area contributed by atoms with Gasteiger partial charge in [-0.25, -0.2) is 4.98 Å². The number of oxazole rings is 1. The Labute approximate surface area is 89.8 Å². The van der Waals surface area contributed by atoms with Crippen molar-refractivity contribution in [2.24, 2.45) is 5.73 Å². The summed E-state index contributed by atoms with van der Waals surface area (Å²) in [7, 11) is 0. The zero-order chi connectivity index (χ0) is 10.7. The molecular weight excluding hydrogens is 192 g/mol. The molecule has 4 heteroatoms. The Hall–Kier alpha value is -0.870. The van der Waals surface area contributed by atoms with E-state index in [4.69, 9.17) is 14.9 Å². The van der Waals surface area contributed by atoms with E-state index in [-0.39, 0.29) is 5.41 Å². The predicted octanol–water partition coefficient (Wildman–Crippen LogP) is 1.24. The van der Waals surface area contributed by atoms with Crippen LogP contribution in [0.25, 0.3) is 0 Å². The molecule has 15 heavy (non-hydrogen) atoms. The van der Waals surface area contributed by atoms with Gasteiger partial charge >= 0.3 is 0 Å². The minimum Gasteiger partial charge on any atom is -0.445 e. The number of aromatic nitrogens is 1. The average Bonchev–Trinajstić information content (AvgIpc) is 2.69. The fourth-order valence-corrected chi connectivity index (χ4v) is 1.95. The zero-order valence-electron chi connectivity index (χ0n) is 9.16. The molecule has 1 aromatic heterocycles. The van der Waals surface area contributed by atoms with Crippen LogP contribution in [0.3, 0.4) is 0 Å². The maximum absolute atomic E-state index is 5.70. The topological polar surface area (TPSA) is 61.3 Å². The van der Waals surface area contributed by atoms with Crippen molar-refractivity contribution in [3.8, 4) is 0 Å². The standard InChI is InChI=1S/C11H18N2O2/c1-11(4-2-6-14-8-11)10-13-7-9(15-10)3-5-12/h7H,2-6,8,12H2,1H3. The Bertz CT molecular complexity index is 316. The van der Waals surface area contributed by atoms with E-state index < -0.39 is 0 Å². The van der Waals surface area contributed by atoms with Crippen molar-refractivity contribution in [1.29, 1.82) is 0 Å². The summed E-state index contributed by atoms with van der Waals surface area (Å²) in [6.45, 7) is 4.30. The predicted molar refractivity (Wildman–Crippen MR) is 56.7 cm³/mol. The fraction of sp³-hybridized carbons (Fsp3) is 0.727. The molecule has 0 amide bonds. The lowest BCUT2D eigenvalue weighted by atomic mass is 9.85. The van der Waals surface area contributed by atoms with Gasteiger partial charge in [-0.1, -0.05) is 0 Å². The maximum atomic E-state index is 5.70. The van der Waals surface area contributed by atoms with E-state index in [0.29, 0.717) is 13.2 Å². The minimum atomic E-state index is -0.0505. The quantitative estimate of drug-likeness (QED) is 0.815. The largest absolute Gasteiger partial charge is 0.445 e. The molecule has 1 aromatic rings. The summed E-state index contributed by atoms with van der Waals surface area (Å²) in [6.07, 6.45) is 4.69. The Morgan fingerprint density at radius 1 is 1.60 bits per heavy atom. The van der Waals surface area contributed by atoms with Crippen LogP contribution in [0.4, 0.5) is 0 Å². The van der Waals surface area contributed by atoms with Gasteiger partial charge in [0.05, 0.1) is 18.2 Å². The second-order valence-corrected chi connectivity index (χ2v) is 4.39. The maximum Gasteiger partial charge on any atom is 0.202 e. The molecule has 1 atom stereocenters. The van der Waals surface area contributed by atoms with E-state index in [0.717, 1.165) is 37.5 Å². The Morgan fingerprint density at radius 3 is 3.13 bits per heavy atom. The molecule has 2 rings (SSSR count). The molecule has 0 bridgehead atoms. The third-order valence-corrected chi connectivity index (χ3v) is 2.90. The van der Waals surface area contributed by atoms with Crippen molar-refractivity contribution >= 4 is 0 Å². The molecule has 0 radical (unpaired) electrons. The SMILES string of the molecule is CC1(c2ncc(CCN)o2)CCCOC1. The molecule has 1 fully saturated rings. The molecular formula is C11H18N2O2. The molecule has 1 unspecified atom stereocenters. The van der Waals surface area contributed by atoms with Gasteiger partial charge in [-0.15, -0.1) is 0 Å². The summed E-state index contributed by atoms with van der Waals surface area (Å²) in [5, 5.41) is 0. The molecule has 2 heterocycles. The second kappa shape index (κ2) is 4.33. The van der Waals surface area contributed by atoms with E-state index >= 15 is 0 Å². The Morgan fingerprint density at radius 2 is 2.47 bits per heavy atom. The van der Waals surface area contributed by atoms with Crippen molar-refractivity contribution in [2.45, 2.75) is 31.6 Å². The van der Waals surface area contributed by atoms with Gasteiger partial charge in [-0.2, -0.15) is 0 Å². The molecule has 2 N–H and O–H groups in total. The van der Waals surface area contributed by atoms with E-state index in [1.54, 1.807) is 6.20 Å². The minimum absolute atomic E-state index is 0.0505. The molecule has 0 spiro atoms. The molecule has 0 aromatic carbocycles. The van der Waals surface area contributed by atoms with E-state index in [2.05, 4.69) is 11.9 Å². The van der Waals surface area contributed by atoms with Gasteiger partial charge in [0.2, 0.25) is 5.89 Å².